The summed E-state index contributed by atoms with van der Waals surface area (Å²) in [5.41, 5.74) is -1.13. The van der Waals surface area contributed by atoms with Gasteiger partial charge in [0.05, 0.1) is 18.0 Å². The minimum absolute atomic E-state index is 0.150. The van der Waals surface area contributed by atoms with Crippen molar-refractivity contribution >= 4 is 20.2 Å². The fourth-order valence-electron chi connectivity index (χ4n) is 6.06. The van der Waals surface area contributed by atoms with Crippen LogP contribution in [0.5, 0.6) is 0 Å². The summed E-state index contributed by atoms with van der Waals surface area (Å²) in [7, 11) is -10.9. The fraction of sp³-hybridized carbons (Fsp3) is 0.895. The third kappa shape index (κ3) is 5.40. The van der Waals surface area contributed by atoms with Crippen LogP contribution in [0, 0.1) is 17.3 Å². The molecule has 192 valence electrons. The molecule has 8 nitrogen and oxygen atoms in total. The molecule has 4 saturated carbocycles. The van der Waals surface area contributed by atoms with Gasteiger partial charge in [0.15, 0.2) is 6.29 Å². The Morgan fingerprint density at radius 2 is 1.67 bits per heavy atom. The minimum Gasteiger partial charge on any atom is -0.364 e. The van der Waals surface area contributed by atoms with Crippen molar-refractivity contribution in [1.82, 2.24) is 0 Å². The number of ether oxygens (including phenoxy) is 1. The molecule has 14 heteroatoms. The van der Waals surface area contributed by atoms with Crippen molar-refractivity contribution in [3.8, 4) is 0 Å². The van der Waals surface area contributed by atoms with Crippen LogP contribution in [0.2, 0.25) is 0 Å². The van der Waals surface area contributed by atoms with Crippen molar-refractivity contribution in [2.75, 3.05) is 12.4 Å². The molecule has 0 spiro atoms. The van der Waals surface area contributed by atoms with E-state index in [-0.39, 0.29) is 11.8 Å². The Kier molecular flexibility index (Phi) is 6.82. The molecule has 0 saturated heterocycles. The highest BCUT2D eigenvalue weighted by molar-refractivity contribution is 7.87. The number of alkyl halides is 4. The molecule has 4 aliphatic carbocycles. The van der Waals surface area contributed by atoms with Crippen LogP contribution in [0.25, 0.3) is 0 Å². The number of halogens is 4. The molecule has 2 N–H and O–H groups in total. The second-order valence-corrected chi connectivity index (χ2v) is 13.0. The summed E-state index contributed by atoms with van der Waals surface area (Å²) in [5, 5.41) is 4.37. The van der Waals surface area contributed by atoms with Gasteiger partial charge in [0.1, 0.15) is 0 Å². The molecule has 0 aliphatic heterocycles. The van der Waals surface area contributed by atoms with Crippen molar-refractivity contribution < 1.29 is 53.0 Å². The average Bonchev–Trinajstić information content (AvgIpc) is 2.57. The first-order valence-electron chi connectivity index (χ1n) is 10.4. The van der Waals surface area contributed by atoms with Gasteiger partial charge in [-0.05, 0) is 68.3 Å². The van der Waals surface area contributed by atoms with Gasteiger partial charge in [-0.25, -0.2) is 0 Å². The topological polar surface area (TPSA) is 127 Å². The molecule has 0 heterocycles. The highest BCUT2D eigenvalue weighted by atomic mass is 32.2. The van der Waals surface area contributed by atoms with Crippen molar-refractivity contribution in [1.29, 1.82) is 0 Å². The fourth-order valence-corrected chi connectivity index (χ4v) is 8.04. The zero-order valence-corrected chi connectivity index (χ0v) is 19.6. The van der Waals surface area contributed by atoms with E-state index in [0.717, 1.165) is 6.42 Å². The molecule has 0 aromatic rings. The average molecular weight is 525 g/mol. The van der Waals surface area contributed by atoms with Gasteiger partial charge in [-0.3, -0.25) is 8.74 Å². The Morgan fingerprint density at radius 1 is 1.12 bits per heavy atom. The van der Waals surface area contributed by atoms with Crippen LogP contribution in [0.4, 0.5) is 17.6 Å². The van der Waals surface area contributed by atoms with Gasteiger partial charge in [0.25, 0.3) is 10.1 Å². The monoisotopic (exact) mass is 524 g/mol. The Balaban J connectivity index is 1.68. The highest BCUT2D eigenvalue weighted by Crippen LogP contribution is 2.63. The van der Waals surface area contributed by atoms with Gasteiger partial charge in [0, 0.05) is 6.42 Å². The second-order valence-electron chi connectivity index (χ2n) is 9.93. The van der Waals surface area contributed by atoms with E-state index in [9.17, 15) is 39.5 Å². The van der Waals surface area contributed by atoms with E-state index in [1.165, 1.54) is 0 Å². The predicted molar refractivity (Wildman–Crippen MR) is 108 cm³/mol. The number of aliphatic hydroxyl groups is 1. The van der Waals surface area contributed by atoms with Gasteiger partial charge in [0.2, 0.25) is 0 Å². The Morgan fingerprint density at radius 3 is 2.15 bits per heavy atom. The van der Waals surface area contributed by atoms with Crippen molar-refractivity contribution in [3.05, 3.63) is 12.2 Å². The molecule has 33 heavy (non-hydrogen) atoms. The maximum absolute atomic E-state index is 13.6. The molecule has 3 unspecified atom stereocenters. The van der Waals surface area contributed by atoms with Gasteiger partial charge >= 0.3 is 21.3 Å². The molecular weight excluding hydrogens is 496 g/mol. The molecular formula is C19H28F4O8S2. The van der Waals surface area contributed by atoms with E-state index < -0.39 is 67.5 Å². The van der Waals surface area contributed by atoms with E-state index >= 15 is 0 Å². The highest BCUT2D eigenvalue weighted by Gasteiger charge is 2.65. The minimum atomic E-state index is -6.41. The van der Waals surface area contributed by atoms with Crippen LogP contribution < -0.4 is 0 Å². The molecule has 4 rings (SSSR count). The molecule has 0 amide bonds. The van der Waals surface area contributed by atoms with Gasteiger partial charge in [-0.15, -0.1) is 0 Å². The lowest BCUT2D eigenvalue weighted by molar-refractivity contribution is -0.242. The standard InChI is InChI=1S/C19H28F4O8S2/c1-12(2)15(24)31-17-8-13-5-14(9-17)7-16(6-13,10-17)11-32(25,26)30-4-3-18(20,21)19(22,23)33(27,28)29/h13-15,24H,1,3-11H2,2H3,(H,27,28,29). The predicted octanol–water partition coefficient (Wildman–Crippen LogP) is 3.09. The Bertz CT molecular complexity index is 981. The van der Waals surface area contributed by atoms with Crippen LogP contribution in [0.1, 0.15) is 51.9 Å². The summed E-state index contributed by atoms with van der Waals surface area (Å²) in [6.07, 6.45) is 0.410. The normalized spacial score (nSPS) is 33.3. The lowest BCUT2D eigenvalue weighted by Crippen LogP contribution is -2.59. The lowest BCUT2D eigenvalue weighted by Gasteiger charge is -2.61. The number of aliphatic hydroxyl groups excluding tert-OH is 1. The number of rotatable bonds is 11. The van der Waals surface area contributed by atoms with E-state index in [2.05, 4.69) is 10.8 Å². The maximum Gasteiger partial charge on any atom is 0.431 e. The quantitative estimate of drug-likeness (QED) is 0.139. The zero-order valence-electron chi connectivity index (χ0n) is 18.0. The molecule has 0 aromatic heterocycles. The molecule has 3 atom stereocenters. The smallest absolute Gasteiger partial charge is 0.364 e. The summed E-state index contributed by atoms with van der Waals surface area (Å²) in [5.74, 6) is -5.48. The largest absolute Gasteiger partial charge is 0.431 e. The summed E-state index contributed by atoms with van der Waals surface area (Å²) in [6.45, 7) is 3.87. The summed E-state index contributed by atoms with van der Waals surface area (Å²) >= 11 is 0. The zero-order chi connectivity index (χ0) is 25.1. The second kappa shape index (κ2) is 8.40. The number of hydrogen-bond acceptors (Lipinski definition) is 7. The van der Waals surface area contributed by atoms with Gasteiger partial charge in [-0.1, -0.05) is 6.58 Å². The van der Waals surface area contributed by atoms with Crippen molar-refractivity contribution in [2.24, 2.45) is 17.3 Å². The van der Waals surface area contributed by atoms with Crippen LogP contribution in [0.15, 0.2) is 12.2 Å². The molecule has 4 aliphatic rings. The first-order chi connectivity index (χ1) is 14.8. The van der Waals surface area contributed by atoms with Crippen LogP contribution in [-0.4, -0.2) is 61.9 Å². The summed E-state index contributed by atoms with van der Waals surface area (Å²) in [4.78, 5) is 0. The molecule has 4 fully saturated rings. The van der Waals surface area contributed by atoms with Crippen LogP contribution >= 0.6 is 0 Å². The Hall–Kier alpha value is -0.800. The SMILES string of the molecule is C=C(C)C(O)OC12CC3CC(CC(CS(=O)(=O)OCCC(F)(F)C(F)(F)S(=O)(=O)O)(C3)C1)C2. The van der Waals surface area contributed by atoms with Gasteiger partial charge in [-0.2, -0.15) is 34.4 Å². The lowest BCUT2D eigenvalue weighted by atomic mass is 9.48. The molecule has 0 aromatic carbocycles. The Labute approximate surface area is 190 Å². The number of hydrogen-bond donors (Lipinski definition) is 2. The third-order valence-corrected chi connectivity index (χ3v) is 9.26. The van der Waals surface area contributed by atoms with E-state index in [0.29, 0.717) is 37.7 Å². The first kappa shape index (κ1) is 26.8. The summed E-state index contributed by atoms with van der Waals surface area (Å²) < 4.78 is 119. The molecule has 4 bridgehead atoms. The van der Waals surface area contributed by atoms with E-state index in [1.807, 2.05) is 0 Å². The maximum atomic E-state index is 13.6. The van der Waals surface area contributed by atoms with E-state index in [4.69, 9.17) is 9.29 Å². The first-order valence-corrected chi connectivity index (χ1v) is 13.4. The third-order valence-electron chi connectivity index (χ3n) is 6.82. The molecule has 0 radical (unpaired) electrons. The summed E-state index contributed by atoms with van der Waals surface area (Å²) in [6, 6.07) is 0. The van der Waals surface area contributed by atoms with Crippen LogP contribution in [0.3, 0.4) is 0 Å². The van der Waals surface area contributed by atoms with Crippen LogP contribution in [-0.2, 0) is 29.2 Å². The van der Waals surface area contributed by atoms with Crippen molar-refractivity contribution in [3.63, 3.8) is 0 Å². The van der Waals surface area contributed by atoms with E-state index in [1.54, 1.807) is 6.92 Å². The van der Waals surface area contributed by atoms with Crippen molar-refractivity contribution in [2.45, 2.75) is 74.9 Å². The van der Waals surface area contributed by atoms with Gasteiger partial charge < -0.3 is 9.84 Å².